The zero-order chi connectivity index (χ0) is 16.3. The van der Waals surface area contributed by atoms with Gasteiger partial charge in [0.15, 0.2) is 0 Å². The summed E-state index contributed by atoms with van der Waals surface area (Å²) in [7, 11) is 0. The first kappa shape index (κ1) is 21.0. The minimum Gasteiger partial charge on any atom is -0.303 e. The maximum atomic E-state index is 2.68. The van der Waals surface area contributed by atoms with Crippen LogP contribution in [0.5, 0.6) is 0 Å². The van der Waals surface area contributed by atoms with Gasteiger partial charge in [0.1, 0.15) is 0 Å². The summed E-state index contributed by atoms with van der Waals surface area (Å²) in [5, 5.41) is 0. The summed E-state index contributed by atoms with van der Waals surface area (Å²) >= 11 is 0. The normalized spacial score (nSPS) is 12.9. The standard InChI is InChI=1S/C20H43N/c1-18(2)16-21(17-19(3)4)15-13-11-9-8-10-12-14-20(5,6)7/h18-19H,8-17H2,1-7H3. The molecular weight excluding hydrogens is 254 g/mol. The predicted molar refractivity (Wildman–Crippen MR) is 97.9 cm³/mol. The summed E-state index contributed by atoms with van der Waals surface area (Å²) in [5.41, 5.74) is 0.522. The zero-order valence-electron chi connectivity index (χ0n) is 16.2. The van der Waals surface area contributed by atoms with Gasteiger partial charge in [0.05, 0.1) is 0 Å². The van der Waals surface area contributed by atoms with Gasteiger partial charge in [-0.15, -0.1) is 0 Å². The largest absolute Gasteiger partial charge is 0.303 e. The molecule has 1 heteroatoms. The first-order valence-electron chi connectivity index (χ1n) is 9.43. The van der Waals surface area contributed by atoms with Crippen LogP contribution in [0.15, 0.2) is 0 Å². The van der Waals surface area contributed by atoms with Crippen molar-refractivity contribution in [2.24, 2.45) is 17.3 Å². The van der Waals surface area contributed by atoms with E-state index in [-0.39, 0.29) is 0 Å². The van der Waals surface area contributed by atoms with E-state index in [0.29, 0.717) is 5.41 Å². The lowest BCUT2D eigenvalue weighted by Crippen LogP contribution is -2.32. The number of nitrogens with zero attached hydrogens (tertiary/aromatic N) is 1. The molecule has 21 heavy (non-hydrogen) atoms. The van der Waals surface area contributed by atoms with E-state index < -0.39 is 0 Å². The van der Waals surface area contributed by atoms with Crippen molar-refractivity contribution in [3.05, 3.63) is 0 Å². The number of hydrogen-bond donors (Lipinski definition) is 0. The van der Waals surface area contributed by atoms with Crippen molar-refractivity contribution in [2.45, 2.75) is 93.4 Å². The monoisotopic (exact) mass is 297 g/mol. The molecule has 0 aromatic carbocycles. The highest BCUT2D eigenvalue weighted by molar-refractivity contribution is 4.63. The molecule has 0 spiro atoms. The number of rotatable bonds is 12. The van der Waals surface area contributed by atoms with Crippen molar-refractivity contribution in [3.8, 4) is 0 Å². The second kappa shape index (κ2) is 11.5. The first-order valence-corrected chi connectivity index (χ1v) is 9.43. The van der Waals surface area contributed by atoms with Crippen LogP contribution >= 0.6 is 0 Å². The van der Waals surface area contributed by atoms with Crippen molar-refractivity contribution >= 4 is 0 Å². The summed E-state index contributed by atoms with van der Waals surface area (Å²) < 4.78 is 0. The Kier molecular flexibility index (Phi) is 11.5. The van der Waals surface area contributed by atoms with E-state index in [1.54, 1.807) is 0 Å². The van der Waals surface area contributed by atoms with Crippen LogP contribution in [-0.2, 0) is 0 Å². The van der Waals surface area contributed by atoms with Crippen LogP contribution in [0, 0.1) is 17.3 Å². The van der Waals surface area contributed by atoms with Gasteiger partial charge in [-0.25, -0.2) is 0 Å². The minimum atomic E-state index is 0.522. The van der Waals surface area contributed by atoms with Gasteiger partial charge in [0.2, 0.25) is 0 Å². The second-order valence-electron chi connectivity index (χ2n) is 8.98. The molecule has 0 aliphatic carbocycles. The second-order valence-corrected chi connectivity index (χ2v) is 8.98. The minimum absolute atomic E-state index is 0.522. The highest BCUT2D eigenvalue weighted by Gasteiger charge is 2.10. The fourth-order valence-electron chi connectivity index (χ4n) is 2.99. The smallest absolute Gasteiger partial charge is 0.000449 e. The maximum absolute atomic E-state index is 2.68. The Morgan fingerprint density at radius 2 is 1.10 bits per heavy atom. The van der Waals surface area contributed by atoms with Crippen molar-refractivity contribution < 1.29 is 0 Å². The molecule has 0 amide bonds. The molecule has 0 aromatic rings. The highest BCUT2D eigenvalue weighted by Crippen LogP contribution is 2.22. The van der Waals surface area contributed by atoms with E-state index in [4.69, 9.17) is 0 Å². The molecule has 128 valence electrons. The molecule has 0 aliphatic heterocycles. The van der Waals surface area contributed by atoms with Crippen LogP contribution in [0.4, 0.5) is 0 Å². The average Bonchev–Trinajstić information content (AvgIpc) is 2.29. The first-order chi connectivity index (χ1) is 9.70. The van der Waals surface area contributed by atoms with E-state index in [1.807, 2.05) is 0 Å². The Bertz CT molecular complexity index is 214. The van der Waals surface area contributed by atoms with E-state index in [0.717, 1.165) is 11.8 Å². The number of unbranched alkanes of at least 4 members (excludes halogenated alkanes) is 5. The fourth-order valence-corrected chi connectivity index (χ4v) is 2.99. The van der Waals surface area contributed by atoms with Gasteiger partial charge in [0, 0.05) is 13.1 Å². The SMILES string of the molecule is CC(C)CN(CCCCCCCCC(C)(C)C)CC(C)C. The molecule has 0 unspecified atom stereocenters. The molecular formula is C20H43N. The molecule has 0 N–H and O–H groups in total. The Labute approximate surface area is 135 Å². The third-order valence-electron chi connectivity index (χ3n) is 3.90. The number of hydrogen-bond acceptors (Lipinski definition) is 1. The molecule has 0 bridgehead atoms. The predicted octanol–water partition coefficient (Wildman–Crippen LogP) is 6.38. The molecule has 1 nitrogen and oxygen atoms in total. The van der Waals surface area contributed by atoms with Gasteiger partial charge in [-0.2, -0.15) is 0 Å². The van der Waals surface area contributed by atoms with Gasteiger partial charge in [-0.05, 0) is 36.6 Å². The molecule has 0 aromatic heterocycles. The van der Waals surface area contributed by atoms with Crippen LogP contribution in [0.25, 0.3) is 0 Å². The van der Waals surface area contributed by atoms with E-state index in [2.05, 4.69) is 53.4 Å². The summed E-state index contributed by atoms with van der Waals surface area (Å²) in [6, 6.07) is 0. The summed E-state index contributed by atoms with van der Waals surface area (Å²) in [6.45, 7) is 20.2. The van der Waals surface area contributed by atoms with Gasteiger partial charge in [-0.1, -0.05) is 80.6 Å². The molecule has 0 aliphatic rings. The molecule has 0 saturated carbocycles. The Morgan fingerprint density at radius 1 is 0.667 bits per heavy atom. The van der Waals surface area contributed by atoms with Crippen LogP contribution in [0.2, 0.25) is 0 Å². The van der Waals surface area contributed by atoms with E-state index in [1.165, 1.54) is 64.6 Å². The van der Waals surface area contributed by atoms with E-state index >= 15 is 0 Å². The van der Waals surface area contributed by atoms with Gasteiger partial charge >= 0.3 is 0 Å². The van der Waals surface area contributed by atoms with E-state index in [9.17, 15) is 0 Å². The van der Waals surface area contributed by atoms with Crippen molar-refractivity contribution in [2.75, 3.05) is 19.6 Å². The molecule has 0 fully saturated rings. The van der Waals surface area contributed by atoms with Gasteiger partial charge < -0.3 is 4.90 Å². The van der Waals surface area contributed by atoms with Gasteiger partial charge in [0.25, 0.3) is 0 Å². The van der Waals surface area contributed by atoms with Crippen LogP contribution < -0.4 is 0 Å². The maximum Gasteiger partial charge on any atom is 0.000449 e. The van der Waals surface area contributed by atoms with Crippen LogP contribution in [0.3, 0.4) is 0 Å². The molecule has 0 atom stereocenters. The van der Waals surface area contributed by atoms with Crippen molar-refractivity contribution in [1.29, 1.82) is 0 Å². The Morgan fingerprint density at radius 3 is 1.52 bits per heavy atom. The van der Waals surface area contributed by atoms with Crippen LogP contribution in [-0.4, -0.2) is 24.5 Å². The third kappa shape index (κ3) is 16.2. The molecule has 0 saturated heterocycles. The van der Waals surface area contributed by atoms with Gasteiger partial charge in [-0.3, -0.25) is 0 Å². The summed E-state index contributed by atoms with van der Waals surface area (Å²) in [5.74, 6) is 1.59. The van der Waals surface area contributed by atoms with Crippen molar-refractivity contribution in [3.63, 3.8) is 0 Å². The lowest BCUT2D eigenvalue weighted by molar-refractivity contribution is 0.215. The lowest BCUT2D eigenvalue weighted by Gasteiger charge is -2.26. The highest BCUT2D eigenvalue weighted by atomic mass is 15.1. The van der Waals surface area contributed by atoms with Crippen molar-refractivity contribution in [1.82, 2.24) is 4.90 Å². The molecule has 0 heterocycles. The van der Waals surface area contributed by atoms with Crippen LogP contribution in [0.1, 0.15) is 93.4 Å². The summed E-state index contributed by atoms with van der Waals surface area (Å²) in [6.07, 6.45) is 9.89. The third-order valence-corrected chi connectivity index (χ3v) is 3.90. The lowest BCUT2D eigenvalue weighted by atomic mass is 9.89. The Hall–Kier alpha value is -0.0400. The Balaban J connectivity index is 3.57. The topological polar surface area (TPSA) is 3.24 Å². The molecule has 0 radical (unpaired) electrons. The zero-order valence-corrected chi connectivity index (χ0v) is 16.2. The fraction of sp³-hybridized carbons (Fsp3) is 1.00. The quantitative estimate of drug-likeness (QED) is 0.378. The molecule has 0 rings (SSSR count). The summed E-state index contributed by atoms with van der Waals surface area (Å²) in [4.78, 5) is 2.68. The average molecular weight is 298 g/mol.